The molecule has 0 amide bonds. The monoisotopic (exact) mass is 429 g/mol. The molecule has 4 aromatic rings. The molecule has 3 aromatic carbocycles. The van der Waals surface area contributed by atoms with Crippen LogP contribution in [0.25, 0.3) is 11.5 Å². The number of benzene rings is 3. The van der Waals surface area contributed by atoms with Crippen molar-refractivity contribution in [1.29, 1.82) is 0 Å². The second kappa shape index (κ2) is 9.39. The third-order valence-electron chi connectivity index (χ3n) is 5.12. The largest absolute Gasteiger partial charge is 0.508 e. The van der Waals surface area contributed by atoms with E-state index in [2.05, 4.69) is 4.98 Å². The first-order chi connectivity index (χ1) is 15.6. The van der Waals surface area contributed by atoms with Gasteiger partial charge in [0.15, 0.2) is 11.5 Å². The van der Waals surface area contributed by atoms with Crippen LogP contribution in [0.1, 0.15) is 29.7 Å². The molecule has 0 spiro atoms. The van der Waals surface area contributed by atoms with Gasteiger partial charge in [-0.2, -0.15) is 0 Å². The Morgan fingerprint density at radius 1 is 1.03 bits per heavy atom. The van der Waals surface area contributed by atoms with Crippen molar-refractivity contribution in [3.05, 3.63) is 95.9 Å². The van der Waals surface area contributed by atoms with Crippen LogP contribution in [0.3, 0.4) is 0 Å². The van der Waals surface area contributed by atoms with E-state index in [-0.39, 0.29) is 11.5 Å². The fourth-order valence-electron chi connectivity index (χ4n) is 3.53. The number of phenols is 1. The van der Waals surface area contributed by atoms with Crippen LogP contribution in [-0.4, -0.2) is 23.0 Å². The molecule has 1 atom stereocenters. The predicted octanol–water partition coefficient (Wildman–Crippen LogP) is 5.36. The molecular formula is C26H23NO5. The second-order valence-corrected chi connectivity index (χ2v) is 7.32. The van der Waals surface area contributed by atoms with E-state index in [9.17, 15) is 9.90 Å². The summed E-state index contributed by atoms with van der Waals surface area (Å²) in [5.41, 5.74) is 2.63. The standard InChI is InChI=1S/C26H23NO5/c1-17(28)25(20-10-6-7-11-22(20)29)21-16-32-26(27-21)19-12-13-23(30-2)24(14-19)31-15-18-8-4-3-5-9-18/h3-14,16,25,29H,15H2,1-2H3. The Kier molecular flexibility index (Phi) is 6.22. The molecule has 0 fully saturated rings. The fraction of sp³-hybridized carbons (Fsp3) is 0.154. The fourth-order valence-corrected chi connectivity index (χ4v) is 3.53. The number of carbonyl (C=O) groups excluding carboxylic acids is 1. The number of aromatic nitrogens is 1. The average Bonchev–Trinajstić information content (AvgIpc) is 3.29. The van der Waals surface area contributed by atoms with Crippen LogP contribution in [-0.2, 0) is 11.4 Å². The van der Waals surface area contributed by atoms with Gasteiger partial charge in [-0.3, -0.25) is 4.79 Å². The molecule has 4 rings (SSSR count). The van der Waals surface area contributed by atoms with E-state index in [0.717, 1.165) is 5.56 Å². The lowest BCUT2D eigenvalue weighted by Gasteiger charge is -2.13. The Bertz CT molecular complexity index is 1220. The van der Waals surface area contributed by atoms with Crippen molar-refractivity contribution in [1.82, 2.24) is 4.98 Å². The van der Waals surface area contributed by atoms with Crippen LogP contribution in [0, 0.1) is 0 Å². The number of nitrogens with zero attached hydrogens (tertiary/aromatic N) is 1. The summed E-state index contributed by atoms with van der Waals surface area (Å²) in [6, 6.07) is 21.9. The molecule has 0 aliphatic heterocycles. The van der Waals surface area contributed by atoms with Crippen LogP contribution in [0.5, 0.6) is 17.2 Å². The summed E-state index contributed by atoms with van der Waals surface area (Å²) in [6.45, 7) is 1.85. The lowest BCUT2D eigenvalue weighted by molar-refractivity contribution is -0.117. The summed E-state index contributed by atoms with van der Waals surface area (Å²) in [7, 11) is 1.58. The maximum atomic E-state index is 12.4. The summed E-state index contributed by atoms with van der Waals surface area (Å²) in [6.07, 6.45) is 1.45. The van der Waals surface area contributed by atoms with Gasteiger partial charge in [0.25, 0.3) is 0 Å². The minimum atomic E-state index is -0.722. The molecule has 0 radical (unpaired) electrons. The molecule has 1 heterocycles. The Hall–Kier alpha value is -4.06. The van der Waals surface area contributed by atoms with Gasteiger partial charge >= 0.3 is 0 Å². The minimum Gasteiger partial charge on any atom is -0.508 e. The Morgan fingerprint density at radius 2 is 1.78 bits per heavy atom. The van der Waals surface area contributed by atoms with Crippen molar-refractivity contribution >= 4 is 5.78 Å². The first-order valence-electron chi connectivity index (χ1n) is 10.2. The lowest BCUT2D eigenvalue weighted by Crippen LogP contribution is -2.11. The maximum Gasteiger partial charge on any atom is 0.226 e. The van der Waals surface area contributed by atoms with Crippen LogP contribution in [0.4, 0.5) is 0 Å². The van der Waals surface area contributed by atoms with Gasteiger partial charge in [0.2, 0.25) is 5.89 Å². The Balaban J connectivity index is 1.63. The van der Waals surface area contributed by atoms with E-state index < -0.39 is 5.92 Å². The highest BCUT2D eigenvalue weighted by Crippen LogP contribution is 2.36. The topological polar surface area (TPSA) is 81.8 Å². The van der Waals surface area contributed by atoms with E-state index in [1.807, 2.05) is 36.4 Å². The van der Waals surface area contributed by atoms with E-state index in [1.165, 1.54) is 13.2 Å². The third-order valence-corrected chi connectivity index (χ3v) is 5.12. The van der Waals surface area contributed by atoms with Crippen molar-refractivity contribution in [2.24, 2.45) is 0 Å². The van der Waals surface area contributed by atoms with Crippen LogP contribution in [0.15, 0.2) is 83.5 Å². The second-order valence-electron chi connectivity index (χ2n) is 7.32. The van der Waals surface area contributed by atoms with Crippen LogP contribution in [0.2, 0.25) is 0 Å². The summed E-state index contributed by atoms with van der Waals surface area (Å²) >= 11 is 0. The molecule has 1 N–H and O–H groups in total. The molecule has 6 nitrogen and oxygen atoms in total. The molecule has 0 bridgehead atoms. The van der Waals surface area contributed by atoms with Crippen molar-refractivity contribution in [2.45, 2.75) is 19.4 Å². The number of Topliss-reactive ketones (excluding diaryl/α,β-unsaturated/α-hetero) is 1. The first kappa shape index (κ1) is 21.2. The molecule has 0 saturated heterocycles. The molecule has 1 unspecified atom stereocenters. The number of oxazole rings is 1. The highest BCUT2D eigenvalue weighted by molar-refractivity contribution is 5.87. The smallest absolute Gasteiger partial charge is 0.226 e. The molecule has 162 valence electrons. The van der Waals surface area contributed by atoms with E-state index in [0.29, 0.717) is 40.8 Å². The van der Waals surface area contributed by atoms with E-state index in [1.54, 1.807) is 43.5 Å². The van der Waals surface area contributed by atoms with Gasteiger partial charge in [-0.1, -0.05) is 48.5 Å². The highest BCUT2D eigenvalue weighted by atomic mass is 16.5. The SMILES string of the molecule is COc1ccc(-c2nc(C(C(C)=O)c3ccccc3O)co2)cc1OCc1ccccc1. The summed E-state index contributed by atoms with van der Waals surface area (Å²) < 4.78 is 17.1. The van der Waals surface area contributed by atoms with Crippen molar-refractivity contribution < 1.29 is 23.8 Å². The van der Waals surface area contributed by atoms with Gasteiger partial charge in [-0.25, -0.2) is 4.98 Å². The van der Waals surface area contributed by atoms with Gasteiger partial charge < -0.3 is 19.0 Å². The number of phenolic OH excluding ortho intramolecular Hbond substituents is 1. The van der Waals surface area contributed by atoms with Gasteiger partial charge in [-0.05, 0) is 36.8 Å². The number of hydrogen-bond acceptors (Lipinski definition) is 6. The number of ketones is 1. The number of ether oxygens (including phenoxy) is 2. The molecule has 6 heteroatoms. The van der Waals surface area contributed by atoms with Gasteiger partial charge in [0, 0.05) is 11.1 Å². The van der Waals surface area contributed by atoms with Crippen molar-refractivity contribution in [2.75, 3.05) is 7.11 Å². The number of methoxy groups -OCH3 is 1. The number of para-hydroxylation sites is 1. The van der Waals surface area contributed by atoms with Crippen LogP contribution < -0.4 is 9.47 Å². The molecular weight excluding hydrogens is 406 g/mol. The molecule has 0 aliphatic rings. The number of rotatable bonds is 8. The number of hydrogen-bond donors (Lipinski definition) is 1. The molecule has 0 aliphatic carbocycles. The zero-order valence-electron chi connectivity index (χ0n) is 17.8. The number of aromatic hydroxyl groups is 1. The summed E-state index contributed by atoms with van der Waals surface area (Å²) in [5.74, 6) is 0.658. The normalized spacial score (nSPS) is 11.7. The maximum absolute atomic E-state index is 12.4. The minimum absolute atomic E-state index is 0.0401. The molecule has 1 aromatic heterocycles. The Morgan fingerprint density at radius 3 is 2.50 bits per heavy atom. The van der Waals surface area contributed by atoms with Crippen LogP contribution >= 0.6 is 0 Å². The van der Waals surface area contributed by atoms with Crippen molar-refractivity contribution in [3.63, 3.8) is 0 Å². The average molecular weight is 429 g/mol. The third kappa shape index (κ3) is 4.49. The predicted molar refractivity (Wildman–Crippen MR) is 120 cm³/mol. The van der Waals surface area contributed by atoms with Gasteiger partial charge in [-0.15, -0.1) is 0 Å². The van der Waals surface area contributed by atoms with Crippen molar-refractivity contribution in [3.8, 4) is 28.7 Å². The summed E-state index contributed by atoms with van der Waals surface area (Å²) in [4.78, 5) is 16.9. The van der Waals surface area contributed by atoms with Gasteiger partial charge in [0.05, 0.1) is 18.7 Å². The van der Waals surface area contributed by atoms with E-state index in [4.69, 9.17) is 13.9 Å². The van der Waals surface area contributed by atoms with Gasteiger partial charge in [0.1, 0.15) is 24.4 Å². The molecule has 32 heavy (non-hydrogen) atoms. The zero-order valence-corrected chi connectivity index (χ0v) is 17.8. The highest BCUT2D eigenvalue weighted by Gasteiger charge is 2.26. The lowest BCUT2D eigenvalue weighted by atomic mass is 9.92. The first-order valence-corrected chi connectivity index (χ1v) is 10.2. The molecule has 0 saturated carbocycles. The quantitative estimate of drug-likeness (QED) is 0.406. The van der Waals surface area contributed by atoms with E-state index >= 15 is 0 Å². The Labute approximate surface area is 186 Å². The number of carbonyl (C=O) groups is 1. The summed E-state index contributed by atoms with van der Waals surface area (Å²) in [5, 5.41) is 10.2. The zero-order chi connectivity index (χ0) is 22.5.